The maximum Gasteiger partial charge on any atom is 0.0930 e. The summed E-state index contributed by atoms with van der Waals surface area (Å²) in [4.78, 5) is 17.7. The van der Waals surface area contributed by atoms with Gasteiger partial charge >= 0.3 is 0 Å². The number of fused-ring (bicyclic) bond motifs is 6. The third kappa shape index (κ3) is 4.68. The van der Waals surface area contributed by atoms with E-state index in [1.807, 2.05) is 49.1 Å². The molecule has 0 amide bonds. The van der Waals surface area contributed by atoms with E-state index in [-0.39, 0.29) is 12.8 Å². The van der Waals surface area contributed by atoms with Gasteiger partial charge in [-0.15, -0.1) is 0 Å². The summed E-state index contributed by atoms with van der Waals surface area (Å²) in [6, 6.07) is 16.7. The molecule has 36 heavy (non-hydrogen) atoms. The lowest BCUT2D eigenvalue weighted by Crippen LogP contribution is -2.23. The highest BCUT2D eigenvalue weighted by molar-refractivity contribution is 5.74. The van der Waals surface area contributed by atoms with Crippen LogP contribution in [0.2, 0.25) is 0 Å². The summed E-state index contributed by atoms with van der Waals surface area (Å²) in [6.07, 6.45) is 13.1. The first-order chi connectivity index (χ1) is 17.3. The van der Waals surface area contributed by atoms with E-state index in [0.717, 1.165) is 55.3 Å². The summed E-state index contributed by atoms with van der Waals surface area (Å²) in [5, 5.41) is 0. The van der Waals surface area contributed by atoms with Crippen LogP contribution in [-0.2, 0) is 16.6 Å². The van der Waals surface area contributed by atoms with Crippen LogP contribution in [0.5, 0.6) is 0 Å². The van der Waals surface area contributed by atoms with Crippen LogP contribution in [0.3, 0.4) is 0 Å². The van der Waals surface area contributed by atoms with Crippen LogP contribution in [0.4, 0.5) is 0 Å². The molecule has 0 N–H and O–H groups in total. The van der Waals surface area contributed by atoms with Gasteiger partial charge in [0.15, 0.2) is 0 Å². The van der Waals surface area contributed by atoms with Crippen molar-refractivity contribution < 1.29 is 4.74 Å². The van der Waals surface area contributed by atoms with Crippen LogP contribution in [0, 0.1) is 0 Å². The fraction of sp³-hybridized carbons (Fsp3) is 0.355. The predicted molar refractivity (Wildman–Crippen MR) is 146 cm³/mol. The quantitative estimate of drug-likeness (QED) is 0.271. The Kier molecular flexibility index (Phi) is 8.21. The van der Waals surface area contributed by atoms with E-state index in [1.54, 1.807) is 0 Å². The number of pyridine rings is 4. The Balaban J connectivity index is 0.000000141. The van der Waals surface area contributed by atoms with E-state index in [4.69, 9.17) is 4.74 Å². The van der Waals surface area contributed by atoms with Gasteiger partial charge in [-0.05, 0) is 72.2 Å². The minimum absolute atomic E-state index is 0. The molecule has 0 radical (unpaired) electrons. The van der Waals surface area contributed by atoms with Crippen molar-refractivity contribution in [2.75, 3.05) is 13.2 Å². The molecule has 0 spiro atoms. The van der Waals surface area contributed by atoms with Crippen LogP contribution < -0.4 is 0 Å². The molecule has 0 atom stereocenters. The zero-order valence-corrected chi connectivity index (χ0v) is 20.6. The summed E-state index contributed by atoms with van der Waals surface area (Å²) >= 11 is 0. The van der Waals surface area contributed by atoms with Crippen molar-refractivity contribution in [1.82, 2.24) is 19.9 Å². The number of hydrogen-bond acceptors (Lipinski definition) is 5. The highest BCUT2D eigenvalue weighted by Crippen LogP contribution is 2.50. The standard InChI is InChI=1S/C15H16N2.C11H8N2.C4H8O.CH4/c1-3-15(4-2)11-7-5-9-16-13(11)14-12(15)8-6-10-17-14;1-3-8-7-9-4-2-6-13-11(9)10(8)12-5-1;1-2-4-5-3-1;/h5-10H,3-4H2,1-2H3;1-6H,7H2;1-4H2;1H4. The monoisotopic (exact) mass is 480 g/mol. The Hall–Kier alpha value is -3.44. The van der Waals surface area contributed by atoms with Gasteiger partial charge in [-0.25, -0.2) is 0 Å². The van der Waals surface area contributed by atoms with Crippen molar-refractivity contribution in [2.24, 2.45) is 0 Å². The second-order valence-electron chi connectivity index (χ2n) is 9.11. The van der Waals surface area contributed by atoms with Crippen LogP contribution in [0.15, 0.2) is 73.3 Å². The molecule has 1 saturated heterocycles. The zero-order valence-electron chi connectivity index (χ0n) is 20.6. The molecule has 0 bridgehead atoms. The molecule has 4 aromatic heterocycles. The van der Waals surface area contributed by atoms with Gasteiger partial charge in [0.1, 0.15) is 0 Å². The molecule has 1 aliphatic heterocycles. The van der Waals surface area contributed by atoms with E-state index in [0.29, 0.717) is 0 Å². The SMILES string of the molecule is C.C1CCOC1.CCC1(CC)c2cccnc2-c2ncccc21.c1cnc2c(c1)Cc1cccnc1-2. The predicted octanol–water partition coefficient (Wildman–Crippen LogP) is 7.04. The number of aromatic nitrogens is 4. The Morgan fingerprint density at radius 2 is 1.06 bits per heavy atom. The molecule has 5 heterocycles. The molecule has 186 valence electrons. The summed E-state index contributed by atoms with van der Waals surface area (Å²) in [6.45, 7) is 6.50. The second-order valence-corrected chi connectivity index (χ2v) is 9.11. The third-order valence-electron chi connectivity index (χ3n) is 7.29. The fourth-order valence-corrected chi connectivity index (χ4v) is 5.42. The van der Waals surface area contributed by atoms with Gasteiger partial charge in [-0.2, -0.15) is 0 Å². The Morgan fingerprint density at radius 3 is 1.44 bits per heavy atom. The smallest absolute Gasteiger partial charge is 0.0930 e. The minimum atomic E-state index is 0. The summed E-state index contributed by atoms with van der Waals surface area (Å²) < 4.78 is 4.94. The Morgan fingerprint density at radius 1 is 0.639 bits per heavy atom. The summed E-state index contributed by atoms with van der Waals surface area (Å²) in [5.41, 5.74) is 9.65. The number of nitrogens with zero attached hydrogens (tertiary/aromatic N) is 4. The molecule has 0 saturated carbocycles. The van der Waals surface area contributed by atoms with Crippen LogP contribution in [0.25, 0.3) is 22.8 Å². The summed E-state index contributed by atoms with van der Waals surface area (Å²) in [5.74, 6) is 0. The molecule has 1 fully saturated rings. The normalized spacial score (nSPS) is 15.1. The highest BCUT2D eigenvalue weighted by atomic mass is 16.5. The van der Waals surface area contributed by atoms with Crippen molar-refractivity contribution in [3.05, 3.63) is 95.6 Å². The van der Waals surface area contributed by atoms with Crippen molar-refractivity contribution in [1.29, 1.82) is 0 Å². The number of hydrogen-bond donors (Lipinski definition) is 0. The average Bonchev–Trinajstić information content (AvgIpc) is 3.68. The maximum atomic E-state index is 4.94. The van der Waals surface area contributed by atoms with E-state index in [2.05, 4.69) is 58.0 Å². The molecular weight excluding hydrogens is 444 g/mol. The Labute approximate surface area is 215 Å². The van der Waals surface area contributed by atoms with Crippen LogP contribution in [-0.4, -0.2) is 33.1 Å². The zero-order chi connectivity index (χ0) is 24.1. The van der Waals surface area contributed by atoms with Crippen molar-refractivity contribution in [3.63, 3.8) is 0 Å². The lowest BCUT2D eigenvalue weighted by molar-refractivity contribution is 0.198. The maximum absolute atomic E-state index is 4.94. The Bertz CT molecular complexity index is 1200. The van der Waals surface area contributed by atoms with Gasteiger partial charge < -0.3 is 4.74 Å². The van der Waals surface area contributed by atoms with Gasteiger partial charge in [-0.1, -0.05) is 45.5 Å². The fourth-order valence-electron chi connectivity index (χ4n) is 5.42. The van der Waals surface area contributed by atoms with Crippen molar-refractivity contribution in [2.45, 2.75) is 58.8 Å². The topological polar surface area (TPSA) is 60.8 Å². The largest absolute Gasteiger partial charge is 0.381 e. The van der Waals surface area contributed by atoms with Gasteiger partial charge in [0.25, 0.3) is 0 Å². The lowest BCUT2D eigenvalue weighted by atomic mass is 9.74. The highest BCUT2D eigenvalue weighted by Gasteiger charge is 2.41. The molecule has 4 aromatic rings. The minimum Gasteiger partial charge on any atom is -0.381 e. The lowest BCUT2D eigenvalue weighted by Gasteiger charge is -2.28. The first-order valence-electron chi connectivity index (χ1n) is 12.7. The average molecular weight is 481 g/mol. The first-order valence-corrected chi connectivity index (χ1v) is 12.7. The van der Waals surface area contributed by atoms with Crippen molar-refractivity contribution >= 4 is 0 Å². The van der Waals surface area contributed by atoms with E-state index in [1.165, 1.54) is 35.1 Å². The van der Waals surface area contributed by atoms with Crippen molar-refractivity contribution in [3.8, 4) is 22.8 Å². The molecule has 5 heteroatoms. The molecular formula is C31H36N4O. The van der Waals surface area contributed by atoms with Gasteiger partial charge in [0.2, 0.25) is 0 Å². The van der Waals surface area contributed by atoms with E-state index < -0.39 is 0 Å². The molecule has 5 nitrogen and oxygen atoms in total. The van der Waals surface area contributed by atoms with Crippen LogP contribution >= 0.6 is 0 Å². The molecule has 2 aliphatic carbocycles. The summed E-state index contributed by atoms with van der Waals surface area (Å²) in [7, 11) is 0. The van der Waals surface area contributed by atoms with E-state index in [9.17, 15) is 0 Å². The van der Waals surface area contributed by atoms with Gasteiger partial charge in [0, 0.05) is 49.8 Å². The molecule has 0 unspecified atom stereocenters. The van der Waals surface area contributed by atoms with Crippen LogP contribution in [0.1, 0.15) is 69.2 Å². The molecule has 0 aromatic carbocycles. The van der Waals surface area contributed by atoms with Gasteiger partial charge in [0.05, 0.1) is 22.8 Å². The third-order valence-corrected chi connectivity index (χ3v) is 7.29. The van der Waals surface area contributed by atoms with Gasteiger partial charge in [-0.3, -0.25) is 19.9 Å². The first kappa shape index (κ1) is 25.6. The van der Waals surface area contributed by atoms with E-state index >= 15 is 0 Å². The number of rotatable bonds is 2. The second kappa shape index (κ2) is 11.5. The molecule has 3 aliphatic rings. The number of ether oxygens (including phenoxy) is 1. The molecule has 7 rings (SSSR count).